The van der Waals surface area contributed by atoms with Crippen LogP contribution in [0.3, 0.4) is 0 Å². The molecule has 0 bridgehead atoms. The van der Waals surface area contributed by atoms with Gasteiger partial charge in [-0.15, -0.1) is 0 Å². The summed E-state index contributed by atoms with van der Waals surface area (Å²) >= 11 is 0. The topological polar surface area (TPSA) is 27.7 Å². The van der Waals surface area contributed by atoms with E-state index in [2.05, 4.69) is 20.1 Å². The van der Waals surface area contributed by atoms with Gasteiger partial charge in [-0.25, -0.2) is 0 Å². The first kappa shape index (κ1) is 15.0. The van der Waals surface area contributed by atoms with E-state index in [9.17, 15) is 0 Å². The third-order valence-electron chi connectivity index (χ3n) is 2.57. The minimum absolute atomic E-state index is 0.299. The van der Waals surface area contributed by atoms with Crippen LogP contribution in [-0.2, 0) is 14.2 Å². The maximum atomic E-state index is 5.60. The summed E-state index contributed by atoms with van der Waals surface area (Å²) in [4.78, 5) is 0. The first-order valence-electron chi connectivity index (χ1n) is 5.83. The Morgan fingerprint density at radius 3 is 2.44 bits per heavy atom. The molecule has 0 aromatic rings. The van der Waals surface area contributed by atoms with Gasteiger partial charge in [0.1, 0.15) is 12.2 Å². The maximum absolute atomic E-state index is 5.60. The predicted molar refractivity (Wildman–Crippen MR) is 66.2 cm³/mol. The highest BCUT2D eigenvalue weighted by Crippen LogP contribution is 2.23. The van der Waals surface area contributed by atoms with Gasteiger partial charge in [0, 0.05) is 13.2 Å². The van der Waals surface area contributed by atoms with Crippen LogP contribution in [0.1, 0.15) is 33.1 Å². The van der Waals surface area contributed by atoms with Crippen LogP contribution >= 0.6 is 0 Å². The Bertz CT molecular complexity index is 192. The summed E-state index contributed by atoms with van der Waals surface area (Å²) in [6, 6.07) is 0. The first-order chi connectivity index (χ1) is 7.74. The quantitative estimate of drug-likeness (QED) is 0.401. The highest BCUT2D eigenvalue weighted by molar-refractivity contribution is 4.82. The lowest BCUT2D eigenvalue weighted by Gasteiger charge is -2.31. The van der Waals surface area contributed by atoms with Gasteiger partial charge in [-0.3, -0.25) is 0 Å². The van der Waals surface area contributed by atoms with Crippen molar-refractivity contribution in [2.24, 2.45) is 0 Å². The summed E-state index contributed by atoms with van der Waals surface area (Å²) in [5.74, 6) is 0. The minimum Gasteiger partial charge on any atom is -0.498 e. The highest BCUT2D eigenvalue weighted by atomic mass is 16.5. The molecule has 94 valence electrons. The molecule has 0 spiro atoms. The molecule has 1 atom stereocenters. The van der Waals surface area contributed by atoms with Gasteiger partial charge in [-0.05, 0) is 26.2 Å². The van der Waals surface area contributed by atoms with Gasteiger partial charge >= 0.3 is 0 Å². The van der Waals surface area contributed by atoms with E-state index in [1.54, 1.807) is 0 Å². The zero-order chi connectivity index (χ0) is 12.3. The number of rotatable bonds is 11. The van der Waals surface area contributed by atoms with Crippen molar-refractivity contribution in [3.63, 3.8) is 0 Å². The molecule has 3 heteroatoms. The highest BCUT2D eigenvalue weighted by Gasteiger charge is 2.29. The fraction of sp³-hybridized carbons (Fsp3) is 0.692. The van der Waals surface area contributed by atoms with E-state index in [-0.39, 0.29) is 5.60 Å². The second kappa shape index (κ2) is 9.28. The average Bonchev–Trinajstić information content (AvgIpc) is 2.31. The molecule has 0 heterocycles. The number of hydrogen-bond donors (Lipinski definition) is 0. The van der Waals surface area contributed by atoms with E-state index < -0.39 is 0 Å². The third kappa shape index (κ3) is 5.81. The van der Waals surface area contributed by atoms with Gasteiger partial charge in [0.2, 0.25) is 0 Å². The average molecular weight is 228 g/mol. The molecule has 1 unspecified atom stereocenters. The van der Waals surface area contributed by atoms with Crippen molar-refractivity contribution in [2.45, 2.75) is 38.7 Å². The molecule has 0 aliphatic carbocycles. The monoisotopic (exact) mass is 228 g/mol. The lowest BCUT2D eigenvalue weighted by molar-refractivity contribution is -0.0451. The molecule has 0 radical (unpaired) electrons. The standard InChI is InChI=1S/C13H24O3/c1-5-13(16-8-4,12-15-7-3)10-9-11-14-6-2/h7-8H,3-6,9-12H2,1-2H3. The van der Waals surface area contributed by atoms with Crippen LogP contribution in [0.4, 0.5) is 0 Å². The largest absolute Gasteiger partial charge is 0.498 e. The van der Waals surface area contributed by atoms with Crippen LogP contribution in [0, 0.1) is 0 Å². The molecule has 0 aromatic heterocycles. The van der Waals surface area contributed by atoms with Crippen molar-refractivity contribution < 1.29 is 14.2 Å². The summed E-state index contributed by atoms with van der Waals surface area (Å²) in [5.41, 5.74) is -0.299. The molecule has 0 aliphatic rings. The Kier molecular flexibility index (Phi) is 8.72. The fourth-order valence-corrected chi connectivity index (χ4v) is 1.56. The van der Waals surface area contributed by atoms with Crippen molar-refractivity contribution in [3.05, 3.63) is 25.7 Å². The second-order valence-corrected chi connectivity index (χ2v) is 3.60. The van der Waals surface area contributed by atoms with E-state index in [1.165, 1.54) is 12.5 Å². The maximum Gasteiger partial charge on any atom is 0.142 e. The SMILES string of the molecule is C=COCC(CC)(CCCOCC)OC=C. The van der Waals surface area contributed by atoms with E-state index in [0.717, 1.165) is 32.5 Å². The van der Waals surface area contributed by atoms with Crippen molar-refractivity contribution in [3.8, 4) is 0 Å². The van der Waals surface area contributed by atoms with Crippen molar-refractivity contribution in [1.29, 1.82) is 0 Å². The molecular formula is C13H24O3. The Hall–Kier alpha value is -0.960. The lowest BCUT2D eigenvalue weighted by Crippen LogP contribution is -2.35. The number of hydrogen-bond acceptors (Lipinski definition) is 3. The van der Waals surface area contributed by atoms with Crippen LogP contribution in [0.25, 0.3) is 0 Å². The Morgan fingerprint density at radius 1 is 1.19 bits per heavy atom. The van der Waals surface area contributed by atoms with Crippen molar-refractivity contribution in [1.82, 2.24) is 0 Å². The van der Waals surface area contributed by atoms with Crippen LogP contribution in [-0.4, -0.2) is 25.4 Å². The molecule has 3 nitrogen and oxygen atoms in total. The van der Waals surface area contributed by atoms with Gasteiger partial charge in [0.05, 0.1) is 12.5 Å². The summed E-state index contributed by atoms with van der Waals surface area (Å²) < 4.78 is 16.2. The summed E-state index contributed by atoms with van der Waals surface area (Å²) in [7, 11) is 0. The zero-order valence-corrected chi connectivity index (χ0v) is 10.5. The molecule has 0 aliphatic heterocycles. The molecular weight excluding hydrogens is 204 g/mol. The first-order valence-corrected chi connectivity index (χ1v) is 5.83. The summed E-state index contributed by atoms with van der Waals surface area (Å²) in [6.45, 7) is 13.2. The van der Waals surface area contributed by atoms with Crippen LogP contribution in [0.2, 0.25) is 0 Å². The van der Waals surface area contributed by atoms with Crippen molar-refractivity contribution >= 4 is 0 Å². The summed E-state index contributed by atoms with van der Waals surface area (Å²) in [5, 5.41) is 0. The van der Waals surface area contributed by atoms with Gasteiger partial charge in [-0.2, -0.15) is 0 Å². The van der Waals surface area contributed by atoms with E-state index >= 15 is 0 Å². The van der Waals surface area contributed by atoms with Gasteiger partial charge in [0.15, 0.2) is 0 Å². The zero-order valence-electron chi connectivity index (χ0n) is 10.5. The van der Waals surface area contributed by atoms with Crippen LogP contribution in [0.5, 0.6) is 0 Å². The van der Waals surface area contributed by atoms with Crippen molar-refractivity contribution in [2.75, 3.05) is 19.8 Å². The van der Waals surface area contributed by atoms with Crippen LogP contribution < -0.4 is 0 Å². The van der Waals surface area contributed by atoms with Crippen LogP contribution in [0.15, 0.2) is 25.7 Å². The Balaban J connectivity index is 4.13. The molecule has 16 heavy (non-hydrogen) atoms. The summed E-state index contributed by atoms with van der Waals surface area (Å²) in [6.07, 6.45) is 5.65. The van der Waals surface area contributed by atoms with E-state index in [0.29, 0.717) is 6.61 Å². The molecule has 0 saturated heterocycles. The molecule has 0 fully saturated rings. The Morgan fingerprint density at radius 2 is 1.94 bits per heavy atom. The van der Waals surface area contributed by atoms with Gasteiger partial charge < -0.3 is 14.2 Å². The van der Waals surface area contributed by atoms with Gasteiger partial charge in [0.25, 0.3) is 0 Å². The third-order valence-corrected chi connectivity index (χ3v) is 2.57. The lowest BCUT2D eigenvalue weighted by atomic mass is 9.95. The molecule has 0 saturated carbocycles. The molecule has 0 aromatic carbocycles. The molecule has 0 rings (SSSR count). The second-order valence-electron chi connectivity index (χ2n) is 3.60. The van der Waals surface area contributed by atoms with E-state index in [1.807, 2.05) is 6.92 Å². The smallest absolute Gasteiger partial charge is 0.142 e. The fourth-order valence-electron chi connectivity index (χ4n) is 1.56. The number of ether oxygens (including phenoxy) is 3. The van der Waals surface area contributed by atoms with Gasteiger partial charge in [-0.1, -0.05) is 20.1 Å². The Labute approximate surface area is 99.1 Å². The minimum atomic E-state index is -0.299. The van der Waals surface area contributed by atoms with E-state index in [4.69, 9.17) is 14.2 Å². The molecule has 0 N–H and O–H groups in total. The molecule has 0 amide bonds. The predicted octanol–water partition coefficient (Wildman–Crippen LogP) is 3.27. The normalized spacial score (nSPS) is 13.9.